The van der Waals surface area contributed by atoms with Crippen LogP contribution in [0.5, 0.6) is 0 Å². The summed E-state index contributed by atoms with van der Waals surface area (Å²) >= 11 is 6.09. The zero-order valence-corrected chi connectivity index (χ0v) is 10.6. The molecule has 0 saturated carbocycles. The lowest BCUT2D eigenvalue weighted by Crippen LogP contribution is -2.04. The Morgan fingerprint density at radius 2 is 2.12 bits per heavy atom. The number of benzene rings is 1. The second-order valence-corrected chi connectivity index (χ2v) is 4.16. The molecule has 0 aliphatic heterocycles. The summed E-state index contributed by atoms with van der Waals surface area (Å²) in [5.74, 6) is 1.32. The lowest BCUT2D eigenvalue weighted by molar-refractivity contribution is 0.265. The van der Waals surface area contributed by atoms with Gasteiger partial charge in [-0.3, -0.25) is 0 Å². The molecule has 0 unspecified atom stereocenters. The molecule has 0 saturated heterocycles. The maximum Gasteiger partial charge on any atom is 0.164 e. The number of hydrogen-bond acceptors (Lipinski definition) is 3. The predicted molar refractivity (Wildman–Crippen MR) is 66.8 cm³/mol. The van der Waals surface area contributed by atoms with Crippen LogP contribution < -0.4 is 0 Å². The normalized spacial score (nSPS) is 10.8. The monoisotopic (exact) mass is 251 g/mol. The molecule has 1 aromatic carbocycles. The standard InChI is InChI=1S/C12H14ClN3O/c1-3-16-11(7-17)14-15-12(16)9-5-4-6-10(13)8(9)2/h4-6,17H,3,7H2,1-2H3. The number of aliphatic hydroxyl groups excluding tert-OH is 1. The first-order valence-electron chi connectivity index (χ1n) is 5.47. The summed E-state index contributed by atoms with van der Waals surface area (Å²) in [5.41, 5.74) is 1.92. The van der Waals surface area contributed by atoms with Crippen molar-refractivity contribution in [1.29, 1.82) is 0 Å². The highest BCUT2D eigenvalue weighted by Crippen LogP contribution is 2.27. The third-order valence-corrected chi connectivity index (χ3v) is 3.20. The van der Waals surface area contributed by atoms with Crippen molar-refractivity contribution in [3.05, 3.63) is 34.6 Å². The highest BCUT2D eigenvalue weighted by atomic mass is 35.5. The highest BCUT2D eigenvalue weighted by molar-refractivity contribution is 6.31. The van der Waals surface area contributed by atoms with Crippen LogP contribution in [0.2, 0.25) is 5.02 Å². The van der Waals surface area contributed by atoms with E-state index in [0.717, 1.165) is 17.0 Å². The molecule has 2 aromatic rings. The third-order valence-electron chi connectivity index (χ3n) is 2.79. The third kappa shape index (κ3) is 2.06. The summed E-state index contributed by atoms with van der Waals surface area (Å²) in [5, 5.41) is 18.0. The van der Waals surface area contributed by atoms with Crippen molar-refractivity contribution >= 4 is 11.6 Å². The van der Waals surface area contributed by atoms with E-state index in [0.29, 0.717) is 17.4 Å². The zero-order chi connectivity index (χ0) is 12.4. The lowest BCUT2D eigenvalue weighted by atomic mass is 10.1. The first-order chi connectivity index (χ1) is 8.19. The largest absolute Gasteiger partial charge is 0.388 e. The quantitative estimate of drug-likeness (QED) is 0.912. The van der Waals surface area contributed by atoms with Crippen LogP contribution in [0.25, 0.3) is 11.4 Å². The number of hydrogen-bond donors (Lipinski definition) is 1. The SMILES string of the molecule is CCn1c(CO)nnc1-c1cccc(Cl)c1C. The molecule has 5 heteroatoms. The van der Waals surface area contributed by atoms with Crippen molar-refractivity contribution in [2.45, 2.75) is 27.0 Å². The van der Waals surface area contributed by atoms with Crippen LogP contribution in [0.3, 0.4) is 0 Å². The van der Waals surface area contributed by atoms with Gasteiger partial charge in [-0.25, -0.2) is 0 Å². The number of halogens is 1. The average Bonchev–Trinajstić information content (AvgIpc) is 2.75. The van der Waals surface area contributed by atoms with E-state index in [2.05, 4.69) is 10.2 Å². The van der Waals surface area contributed by atoms with Gasteiger partial charge in [0.05, 0.1) is 0 Å². The molecule has 0 aliphatic rings. The number of nitrogens with zero attached hydrogens (tertiary/aromatic N) is 3. The fourth-order valence-corrected chi connectivity index (χ4v) is 2.01. The van der Waals surface area contributed by atoms with Crippen molar-refractivity contribution in [1.82, 2.24) is 14.8 Å². The molecular weight excluding hydrogens is 238 g/mol. The Morgan fingerprint density at radius 1 is 1.35 bits per heavy atom. The number of aromatic nitrogens is 3. The van der Waals surface area contributed by atoms with Crippen LogP contribution in [0, 0.1) is 6.92 Å². The Hall–Kier alpha value is -1.39. The summed E-state index contributed by atoms with van der Waals surface area (Å²) in [6.07, 6.45) is 0. The van der Waals surface area contributed by atoms with E-state index < -0.39 is 0 Å². The minimum absolute atomic E-state index is 0.111. The van der Waals surface area contributed by atoms with Crippen molar-refractivity contribution < 1.29 is 5.11 Å². The van der Waals surface area contributed by atoms with Gasteiger partial charge in [0.25, 0.3) is 0 Å². The summed E-state index contributed by atoms with van der Waals surface area (Å²) in [6, 6.07) is 5.69. The fraction of sp³-hybridized carbons (Fsp3) is 0.333. The Balaban J connectivity index is 2.60. The van der Waals surface area contributed by atoms with Gasteiger partial charge in [-0.05, 0) is 25.5 Å². The smallest absolute Gasteiger partial charge is 0.164 e. The molecule has 90 valence electrons. The Kier molecular flexibility index (Phi) is 3.45. The molecule has 17 heavy (non-hydrogen) atoms. The first kappa shape index (κ1) is 12.1. The molecule has 0 aliphatic carbocycles. The molecule has 1 heterocycles. The predicted octanol–water partition coefficient (Wildman–Crippen LogP) is 2.42. The van der Waals surface area contributed by atoms with Gasteiger partial charge in [0.15, 0.2) is 11.6 Å². The molecule has 0 radical (unpaired) electrons. The van der Waals surface area contributed by atoms with Crippen LogP contribution in [-0.4, -0.2) is 19.9 Å². The molecule has 0 bridgehead atoms. The summed E-state index contributed by atoms with van der Waals surface area (Å²) in [6.45, 7) is 4.54. The van der Waals surface area contributed by atoms with E-state index in [4.69, 9.17) is 11.6 Å². The van der Waals surface area contributed by atoms with Crippen molar-refractivity contribution in [2.75, 3.05) is 0 Å². The Morgan fingerprint density at radius 3 is 2.76 bits per heavy atom. The van der Waals surface area contributed by atoms with Gasteiger partial charge in [0, 0.05) is 17.1 Å². The first-order valence-corrected chi connectivity index (χ1v) is 5.85. The molecule has 0 fully saturated rings. The number of rotatable bonds is 3. The lowest BCUT2D eigenvalue weighted by Gasteiger charge is -2.09. The Bertz CT molecular complexity index is 537. The highest BCUT2D eigenvalue weighted by Gasteiger charge is 2.14. The van der Waals surface area contributed by atoms with Gasteiger partial charge in [-0.1, -0.05) is 23.7 Å². The van der Waals surface area contributed by atoms with Crippen LogP contribution in [0.1, 0.15) is 18.3 Å². The van der Waals surface area contributed by atoms with Crippen molar-refractivity contribution in [3.63, 3.8) is 0 Å². The molecule has 4 nitrogen and oxygen atoms in total. The summed E-state index contributed by atoms with van der Waals surface area (Å²) in [7, 11) is 0. The molecule has 0 amide bonds. The maximum absolute atomic E-state index is 9.18. The van der Waals surface area contributed by atoms with E-state index in [9.17, 15) is 5.11 Å². The zero-order valence-electron chi connectivity index (χ0n) is 9.81. The van der Waals surface area contributed by atoms with E-state index in [-0.39, 0.29) is 6.61 Å². The van der Waals surface area contributed by atoms with Gasteiger partial charge in [-0.2, -0.15) is 0 Å². The molecule has 1 N–H and O–H groups in total. The van der Waals surface area contributed by atoms with Gasteiger partial charge < -0.3 is 9.67 Å². The van der Waals surface area contributed by atoms with Crippen molar-refractivity contribution in [2.24, 2.45) is 0 Å². The van der Waals surface area contributed by atoms with Crippen LogP contribution in [0.4, 0.5) is 0 Å². The van der Waals surface area contributed by atoms with Crippen molar-refractivity contribution in [3.8, 4) is 11.4 Å². The summed E-state index contributed by atoms with van der Waals surface area (Å²) < 4.78 is 1.89. The fourth-order valence-electron chi connectivity index (χ4n) is 1.83. The van der Waals surface area contributed by atoms with E-state index in [1.54, 1.807) is 0 Å². The molecule has 0 spiro atoms. The van der Waals surface area contributed by atoms with E-state index >= 15 is 0 Å². The van der Waals surface area contributed by atoms with Crippen LogP contribution in [-0.2, 0) is 13.2 Å². The molecular formula is C12H14ClN3O. The number of aliphatic hydroxyl groups is 1. The maximum atomic E-state index is 9.18. The topological polar surface area (TPSA) is 50.9 Å². The Labute approximate surface area is 105 Å². The van der Waals surface area contributed by atoms with Gasteiger partial charge >= 0.3 is 0 Å². The molecule has 1 aromatic heterocycles. The molecule has 2 rings (SSSR count). The summed E-state index contributed by atoms with van der Waals surface area (Å²) in [4.78, 5) is 0. The van der Waals surface area contributed by atoms with E-state index in [1.807, 2.05) is 36.6 Å². The van der Waals surface area contributed by atoms with Gasteiger partial charge in [0.2, 0.25) is 0 Å². The van der Waals surface area contributed by atoms with E-state index in [1.165, 1.54) is 0 Å². The average molecular weight is 252 g/mol. The van der Waals surface area contributed by atoms with Crippen LogP contribution >= 0.6 is 11.6 Å². The second-order valence-electron chi connectivity index (χ2n) is 3.75. The molecule has 0 atom stereocenters. The van der Waals surface area contributed by atoms with Gasteiger partial charge in [-0.15, -0.1) is 10.2 Å². The minimum atomic E-state index is -0.111. The second kappa shape index (κ2) is 4.85. The van der Waals surface area contributed by atoms with Gasteiger partial charge in [0.1, 0.15) is 6.61 Å². The minimum Gasteiger partial charge on any atom is -0.388 e. The van der Waals surface area contributed by atoms with Crippen LogP contribution in [0.15, 0.2) is 18.2 Å².